The van der Waals surface area contributed by atoms with E-state index in [0.29, 0.717) is 20.7 Å². The van der Waals surface area contributed by atoms with Gasteiger partial charge in [0, 0.05) is 15.1 Å². The molecule has 0 bridgehead atoms. The number of nitrogens with one attached hydrogen (secondary N) is 1. The number of anilines is 2. The third-order valence-corrected chi connectivity index (χ3v) is 4.07. The maximum Gasteiger partial charge on any atom is 0.255 e. The van der Waals surface area contributed by atoms with E-state index in [0.717, 1.165) is 0 Å². The van der Waals surface area contributed by atoms with Crippen molar-refractivity contribution >= 4 is 68.0 Å². The van der Waals surface area contributed by atoms with Crippen LogP contribution in [0, 0.1) is 0 Å². The van der Waals surface area contributed by atoms with Gasteiger partial charge in [-0.15, -0.1) is 0 Å². The van der Waals surface area contributed by atoms with Crippen LogP contribution in [-0.2, 0) is 0 Å². The lowest BCUT2D eigenvalue weighted by molar-refractivity contribution is 0.102. The van der Waals surface area contributed by atoms with E-state index in [1.807, 2.05) is 0 Å². The molecule has 0 aliphatic carbocycles. The van der Waals surface area contributed by atoms with Gasteiger partial charge in [-0.3, -0.25) is 4.79 Å². The molecule has 7 heteroatoms. The molecule has 0 saturated carbocycles. The van der Waals surface area contributed by atoms with Crippen molar-refractivity contribution in [1.82, 2.24) is 0 Å². The van der Waals surface area contributed by atoms with Crippen molar-refractivity contribution in [3.8, 4) is 0 Å². The van der Waals surface area contributed by atoms with Crippen LogP contribution in [0.15, 0.2) is 34.8 Å². The van der Waals surface area contributed by atoms with Crippen molar-refractivity contribution in [3.05, 3.63) is 55.4 Å². The van der Waals surface area contributed by atoms with E-state index in [1.165, 1.54) is 12.1 Å². The number of nitrogen functional groups attached to an aromatic ring is 1. The van der Waals surface area contributed by atoms with Gasteiger partial charge in [-0.25, -0.2) is 0 Å². The van der Waals surface area contributed by atoms with Crippen LogP contribution >= 0.6 is 50.7 Å². The van der Waals surface area contributed by atoms with Gasteiger partial charge in [-0.05, 0) is 46.3 Å². The SMILES string of the molecule is Nc1c(Cl)cc(C(=O)Nc2cc(Cl)ccc2Br)cc1Cl. The lowest BCUT2D eigenvalue weighted by atomic mass is 10.2. The third kappa shape index (κ3) is 3.38. The van der Waals surface area contributed by atoms with E-state index in [1.54, 1.807) is 18.2 Å². The van der Waals surface area contributed by atoms with Crippen LogP contribution in [-0.4, -0.2) is 5.91 Å². The van der Waals surface area contributed by atoms with E-state index in [2.05, 4.69) is 21.2 Å². The first-order valence-corrected chi connectivity index (χ1v) is 7.32. The molecule has 0 radical (unpaired) electrons. The minimum Gasteiger partial charge on any atom is -0.396 e. The summed E-state index contributed by atoms with van der Waals surface area (Å²) in [5, 5.41) is 3.68. The first-order valence-electron chi connectivity index (χ1n) is 5.39. The third-order valence-electron chi connectivity index (χ3n) is 2.52. The van der Waals surface area contributed by atoms with E-state index >= 15 is 0 Å². The van der Waals surface area contributed by atoms with Crippen molar-refractivity contribution in [2.24, 2.45) is 0 Å². The average Bonchev–Trinajstić information content (AvgIpc) is 2.39. The second kappa shape index (κ2) is 6.22. The number of hydrogen-bond donors (Lipinski definition) is 2. The van der Waals surface area contributed by atoms with Gasteiger partial charge < -0.3 is 11.1 Å². The van der Waals surface area contributed by atoms with Crippen LogP contribution < -0.4 is 11.1 Å². The summed E-state index contributed by atoms with van der Waals surface area (Å²) in [6, 6.07) is 7.98. The van der Waals surface area contributed by atoms with Gasteiger partial charge in [-0.1, -0.05) is 34.8 Å². The number of nitrogens with two attached hydrogens (primary N) is 1. The summed E-state index contributed by atoms with van der Waals surface area (Å²) in [4.78, 5) is 12.2. The van der Waals surface area contributed by atoms with Crippen LogP contribution in [0.1, 0.15) is 10.4 Å². The molecule has 20 heavy (non-hydrogen) atoms. The Morgan fingerprint density at radius 1 is 1.10 bits per heavy atom. The van der Waals surface area contributed by atoms with Gasteiger partial charge >= 0.3 is 0 Å². The summed E-state index contributed by atoms with van der Waals surface area (Å²) in [5.41, 5.74) is 6.73. The molecule has 2 rings (SSSR count). The van der Waals surface area contributed by atoms with Crippen LogP contribution in [0.25, 0.3) is 0 Å². The summed E-state index contributed by atoms with van der Waals surface area (Å²) in [5.74, 6) is -0.364. The lowest BCUT2D eigenvalue weighted by Gasteiger charge is -2.09. The maximum atomic E-state index is 12.2. The number of benzene rings is 2. The topological polar surface area (TPSA) is 55.1 Å². The number of amides is 1. The summed E-state index contributed by atoms with van der Waals surface area (Å²) in [6.45, 7) is 0. The first kappa shape index (κ1) is 15.4. The zero-order valence-corrected chi connectivity index (χ0v) is 13.7. The van der Waals surface area contributed by atoms with Crippen LogP contribution in [0.3, 0.4) is 0 Å². The molecule has 3 nitrogen and oxygen atoms in total. The highest BCUT2D eigenvalue weighted by Crippen LogP contribution is 2.30. The van der Waals surface area contributed by atoms with Crippen molar-refractivity contribution < 1.29 is 4.79 Å². The molecule has 0 aliphatic rings. The van der Waals surface area contributed by atoms with E-state index in [-0.39, 0.29) is 21.6 Å². The molecule has 0 aliphatic heterocycles. The second-order valence-corrected chi connectivity index (χ2v) is 6.04. The minimum absolute atomic E-state index is 0.229. The molecular weight excluding hydrogens is 386 g/mol. The molecule has 1 amide bonds. The number of carbonyl (C=O) groups is 1. The lowest BCUT2D eigenvalue weighted by Crippen LogP contribution is -2.12. The highest BCUT2D eigenvalue weighted by atomic mass is 79.9. The average molecular weight is 394 g/mol. The molecule has 0 fully saturated rings. The molecule has 0 unspecified atom stereocenters. The Hall–Kier alpha value is -0.940. The summed E-state index contributed by atoms with van der Waals surface area (Å²) in [6.07, 6.45) is 0. The zero-order valence-electron chi connectivity index (χ0n) is 9.88. The summed E-state index contributed by atoms with van der Waals surface area (Å²) >= 11 is 21.0. The molecule has 0 saturated heterocycles. The zero-order chi connectivity index (χ0) is 14.9. The van der Waals surface area contributed by atoms with Gasteiger partial charge in [0.05, 0.1) is 21.4 Å². The summed E-state index contributed by atoms with van der Waals surface area (Å²) < 4.78 is 0.711. The van der Waals surface area contributed by atoms with Crippen molar-refractivity contribution in [2.75, 3.05) is 11.1 Å². The molecule has 0 aromatic heterocycles. The quantitative estimate of drug-likeness (QED) is 0.684. The highest BCUT2D eigenvalue weighted by molar-refractivity contribution is 9.10. The normalized spacial score (nSPS) is 10.4. The molecule has 104 valence electrons. The smallest absolute Gasteiger partial charge is 0.255 e. The minimum atomic E-state index is -0.364. The fraction of sp³-hybridized carbons (Fsp3) is 0. The van der Waals surface area contributed by atoms with E-state index in [9.17, 15) is 4.79 Å². The number of rotatable bonds is 2. The number of carbonyl (C=O) groups excluding carboxylic acids is 1. The Balaban J connectivity index is 2.31. The fourth-order valence-electron chi connectivity index (χ4n) is 1.50. The first-order chi connectivity index (χ1) is 9.38. The molecule has 0 spiro atoms. The molecule has 2 aromatic carbocycles. The van der Waals surface area contributed by atoms with Crippen molar-refractivity contribution in [3.63, 3.8) is 0 Å². The van der Waals surface area contributed by atoms with Gasteiger partial charge in [0.1, 0.15) is 0 Å². The predicted octanol–water partition coefficient (Wildman–Crippen LogP) is 5.24. The van der Waals surface area contributed by atoms with Gasteiger partial charge in [-0.2, -0.15) is 0 Å². The number of halogens is 4. The summed E-state index contributed by atoms with van der Waals surface area (Å²) in [7, 11) is 0. The van der Waals surface area contributed by atoms with Crippen molar-refractivity contribution in [2.45, 2.75) is 0 Å². The van der Waals surface area contributed by atoms with Crippen LogP contribution in [0.5, 0.6) is 0 Å². The molecule has 0 atom stereocenters. The van der Waals surface area contributed by atoms with E-state index < -0.39 is 0 Å². The second-order valence-electron chi connectivity index (χ2n) is 3.93. The Bertz CT molecular complexity index is 668. The highest BCUT2D eigenvalue weighted by Gasteiger charge is 2.13. The Morgan fingerprint density at radius 2 is 1.70 bits per heavy atom. The monoisotopic (exact) mass is 392 g/mol. The Morgan fingerprint density at radius 3 is 2.30 bits per heavy atom. The standard InChI is InChI=1S/C13H8BrCl3N2O/c14-8-2-1-7(15)5-11(8)19-13(20)6-3-9(16)12(18)10(17)4-6/h1-5H,18H2,(H,19,20). The Labute approximate surface area is 139 Å². The largest absolute Gasteiger partial charge is 0.396 e. The van der Waals surface area contributed by atoms with Crippen LogP contribution in [0.4, 0.5) is 11.4 Å². The van der Waals surface area contributed by atoms with Crippen molar-refractivity contribution in [1.29, 1.82) is 0 Å². The van der Waals surface area contributed by atoms with E-state index in [4.69, 9.17) is 40.5 Å². The fourth-order valence-corrected chi connectivity index (χ4v) is 2.51. The molecule has 2 aromatic rings. The molecule has 0 heterocycles. The molecular formula is C13H8BrCl3N2O. The number of hydrogen-bond acceptors (Lipinski definition) is 2. The maximum absolute atomic E-state index is 12.2. The van der Waals surface area contributed by atoms with Gasteiger partial charge in [0.2, 0.25) is 0 Å². The Kier molecular flexibility index (Phi) is 4.81. The molecule has 3 N–H and O–H groups in total. The van der Waals surface area contributed by atoms with Gasteiger partial charge in [0.15, 0.2) is 0 Å². The van der Waals surface area contributed by atoms with Gasteiger partial charge in [0.25, 0.3) is 5.91 Å². The predicted molar refractivity (Wildman–Crippen MR) is 88.0 cm³/mol. The van der Waals surface area contributed by atoms with Crippen LogP contribution in [0.2, 0.25) is 15.1 Å².